The normalized spacial score (nSPS) is 25.4. The van der Waals surface area contributed by atoms with E-state index in [-0.39, 0.29) is 22.1 Å². The van der Waals surface area contributed by atoms with Crippen LogP contribution in [0.3, 0.4) is 0 Å². The molecule has 2 amide bonds. The average molecular weight is 458 g/mol. The Morgan fingerprint density at radius 3 is 2.58 bits per heavy atom. The van der Waals surface area contributed by atoms with Crippen LogP contribution in [0.25, 0.3) is 11.2 Å². The highest BCUT2D eigenvalue weighted by molar-refractivity contribution is 7.98. The van der Waals surface area contributed by atoms with Gasteiger partial charge in [-0.15, -0.1) is 0 Å². The summed E-state index contributed by atoms with van der Waals surface area (Å²) in [6.45, 7) is 0.712. The largest absolute Gasteiger partial charge is 0.480 e. The summed E-state index contributed by atoms with van der Waals surface area (Å²) in [6.07, 6.45) is -3.20. The van der Waals surface area contributed by atoms with Gasteiger partial charge in [-0.2, -0.15) is 0 Å². The number of hydrogen-bond donors (Lipinski definition) is 7. The molecule has 0 spiro atoms. The zero-order valence-electron chi connectivity index (χ0n) is 16.4. The Labute approximate surface area is 179 Å². The van der Waals surface area contributed by atoms with Gasteiger partial charge in [-0.1, -0.05) is 11.8 Å². The molecule has 31 heavy (non-hydrogen) atoms. The second-order valence-corrected chi connectivity index (χ2v) is 7.54. The molecule has 0 bridgehead atoms. The number of aliphatic hydroxyl groups is 4. The molecule has 1 saturated heterocycles. The zero-order chi connectivity index (χ0) is 22.9. The standard InChI is InChI=1S/C16H22N6O8S/c1-5(24)7(14(27)28)18-15(29)19-11-8-12(21-16(20-11)31-2)22(4-17-8)13-10(26)9(25)6(3-23)30-13/h4-7,9-10,13,23-26H,3H2,1-2H3,(H,27,28)(H2,18,19,20,21,29)/t5-,6-,7+,9-,10-,13-/m1/s1. The van der Waals surface area contributed by atoms with E-state index in [2.05, 4.69) is 25.6 Å². The minimum Gasteiger partial charge on any atom is -0.480 e. The van der Waals surface area contributed by atoms with Crippen molar-refractivity contribution in [3.63, 3.8) is 0 Å². The number of carbonyl (C=O) groups excluding carboxylic acids is 1. The van der Waals surface area contributed by atoms with E-state index in [1.165, 1.54) is 17.8 Å². The number of carboxylic acids is 1. The van der Waals surface area contributed by atoms with Crippen molar-refractivity contribution in [1.82, 2.24) is 24.8 Å². The number of carbonyl (C=O) groups is 2. The third-order valence-electron chi connectivity index (χ3n) is 4.64. The zero-order valence-corrected chi connectivity index (χ0v) is 17.2. The number of urea groups is 1. The number of carboxylic acid groups (broad SMARTS) is 1. The number of thioether (sulfide) groups is 1. The highest BCUT2D eigenvalue weighted by atomic mass is 32.2. The first-order chi connectivity index (χ1) is 14.7. The fourth-order valence-corrected chi connectivity index (χ4v) is 3.40. The first-order valence-corrected chi connectivity index (χ1v) is 10.3. The van der Waals surface area contributed by atoms with Gasteiger partial charge in [0, 0.05) is 0 Å². The molecule has 0 aliphatic carbocycles. The number of nitrogens with one attached hydrogen (secondary N) is 2. The van der Waals surface area contributed by atoms with Gasteiger partial charge in [0.1, 0.15) is 18.3 Å². The van der Waals surface area contributed by atoms with Crippen molar-refractivity contribution < 1.29 is 39.9 Å². The van der Waals surface area contributed by atoms with Crippen molar-refractivity contribution >= 4 is 40.7 Å². The molecule has 1 aliphatic rings. The lowest BCUT2D eigenvalue weighted by Crippen LogP contribution is -2.49. The van der Waals surface area contributed by atoms with Crippen molar-refractivity contribution in [2.24, 2.45) is 0 Å². The van der Waals surface area contributed by atoms with Crippen LogP contribution in [0.4, 0.5) is 10.6 Å². The lowest BCUT2D eigenvalue weighted by atomic mass is 10.1. The van der Waals surface area contributed by atoms with Crippen LogP contribution in [0.15, 0.2) is 11.5 Å². The average Bonchev–Trinajstić information content (AvgIpc) is 3.26. The van der Waals surface area contributed by atoms with Gasteiger partial charge in [0.2, 0.25) is 0 Å². The van der Waals surface area contributed by atoms with Crippen molar-refractivity contribution in [3.05, 3.63) is 6.33 Å². The summed E-state index contributed by atoms with van der Waals surface area (Å²) in [5.74, 6) is -1.47. The van der Waals surface area contributed by atoms with Crippen LogP contribution in [0, 0.1) is 0 Å². The molecule has 2 aromatic rings. The number of hydrogen-bond acceptors (Lipinski definition) is 11. The molecule has 15 heteroatoms. The number of imidazole rings is 1. The van der Waals surface area contributed by atoms with E-state index in [9.17, 15) is 30.0 Å². The molecule has 0 unspecified atom stereocenters. The van der Waals surface area contributed by atoms with Gasteiger partial charge in [-0.25, -0.2) is 24.5 Å². The first-order valence-electron chi connectivity index (χ1n) is 9.07. The van der Waals surface area contributed by atoms with Crippen LogP contribution in [0.2, 0.25) is 0 Å². The van der Waals surface area contributed by atoms with Crippen molar-refractivity contribution in [1.29, 1.82) is 0 Å². The number of rotatable bonds is 7. The number of ether oxygens (including phenoxy) is 1. The molecule has 0 aromatic carbocycles. The summed E-state index contributed by atoms with van der Waals surface area (Å²) in [5, 5.41) is 53.0. The maximum absolute atomic E-state index is 12.3. The van der Waals surface area contributed by atoms with Crippen molar-refractivity contribution in [3.8, 4) is 0 Å². The summed E-state index contributed by atoms with van der Waals surface area (Å²) in [6, 6.07) is -2.49. The summed E-state index contributed by atoms with van der Waals surface area (Å²) in [4.78, 5) is 36.1. The minimum absolute atomic E-state index is 0.0490. The van der Waals surface area contributed by atoms with Crippen molar-refractivity contribution in [2.45, 2.75) is 48.8 Å². The predicted molar refractivity (Wildman–Crippen MR) is 105 cm³/mol. The number of aliphatic hydroxyl groups excluding tert-OH is 4. The molecule has 3 rings (SSSR count). The number of nitrogens with zero attached hydrogens (tertiary/aromatic N) is 4. The Morgan fingerprint density at radius 2 is 2.03 bits per heavy atom. The Morgan fingerprint density at radius 1 is 1.32 bits per heavy atom. The molecule has 6 atom stereocenters. The number of fused-ring (bicyclic) bond motifs is 1. The number of amides is 2. The maximum atomic E-state index is 12.3. The molecular weight excluding hydrogens is 436 g/mol. The minimum atomic E-state index is -1.55. The van der Waals surface area contributed by atoms with Gasteiger partial charge in [-0.3, -0.25) is 9.88 Å². The fourth-order valence-electron chi connectivity index (χ4n) is 3.04. The van der Waals surface area contributed by atoms with Crippen LogP contribution >= 0.6 is 11.8 Å². The molecule has 3 heterocycles. The number of anilines is 1. The van der Waals surface area contributed by atoms with Gasteiger partial charge in [-0.05, 0) is 13.2 Å². The van der Waals surface area contributed by atoms with Gasteiger partial charge in [0.15, 0.2) is 34.4 Å². The molecular formula is C16H22N6O8S. The molecule has 0 radical (unpaired) electrons. The fraction of sp³-hybridized carbons (Fsp3) is 0.562. The number of aliphatic carboxylic acids is 1. The summed E-state index contributed by atoms with van der Waals surface area (Å²) in [7, 11) is 0. The summed E-state index contributed by atoms with van der Waals surface area (Å²) in [5.41, 5.74) is 0.268. The van der Waals surface area contributed by atoms with Crippen LogP contribution in [-0.2, 0) is 9.53 Å². The van der Waals surface area contributed by atoms with Crippen LogP contribution in [0.1, 0.15) is 13.2 Å². The van der Waals surface area contributed by atoms with E-state index in [0.29, 0.717) is 0 Å². The topological polar surface area (TPSA) is 212 Å². The second-order valence-electron chi connectivity index (χ2n) is 6.77. The van der Waals surface area contributed by atoms with Crippen molar-refractivity contribution in [2.75, 3.05) is 18.2 Å². The third kappa shape index (κ3) is 4.56. The second kappa shape index (κ2) is 9.29. The van der Waals surface area contributed by atoms with Crippen LogP contribution < -0.4 is 10.6 Å². The van der Waals surface area contributed by atoms with E-state index in [1.807, 2.05) is 0 Å². The van der Waals surface area contributed by atoms with Gasteiger partial charge < -0.3 is 35.6 Å². The predicted octanol–water partition coefficient (Wildman–Crippen LogP) is -1.88. The maximum Gasteiger partial charge on any atom is 0.328 e. The van der Waals surface area contributed by atoms with Crippen LogP contribution in [0.5, 0.6) is 0 Å². The van der Waals surface area contributed by atoms with E-state index < -0.39 is 55.3 Å². The summed E-state index contributed by atoms with van der Waals surface area (Å²) < 4.78 is 6.83. The third-order valence-corrected chi connectivity index (χ3v) is 5.19. The van der Waals surface area contributed by atoms with E-state index in [4.69, 9.17) is 9.84 Å². The lowest BCUT2D eigenvalue weighted by molar-refractivity contribution is -0.141. The van der Waals surface area contributed by atoms with E-state index >= 15 is 0 Å². The molecule has 7 N–H and O–H groups in total. The molecule has 1 fully saturated rings. The van der Waals surface area contributed by atoms with Crippen LogP contribution in [-0.4, -0.2) is 100 Å². The smallest absolute Gasteiger partial charge is 0.328 e. The lowest BCUT2D eigenvalue weighted by Gasteiger charge is -2.18. The summed E-state index contributed by atoms with van der Waals surface area (Å²) >= 11 is 1.15. The molecule has 170 valence electrons. The molecule has 14 nitrogen and oxygen atoms in total. The Hall–Kier alpha value is -2.56. The molecule has 0 saturated carbocycles. The van der Waals surface area contributed by atoms with Gasteiger partial charge in [0.05, 0.1) is 19.0 Å². The quantitative estimate of drug-likeness (QED) is 0.179. The molecule has 2 aromatic heterocycles. The van der Waals surface area contributed by atoms with Gasteiger partial charge in [0.25, 0.3) is 0 Å². The Kier molecular flexibility index (Phi) is 6.93. The Bertz CT molecular complexity index is 971. The first kappa shape index (κ1) is 23.1. The molecule has 1 aliphatic heterocycles. The Balaban J connectivity index is 1.93. The SMILES string of the molecule is CSc1nc(NC(=O)N[C@H](C(=O)O)[C@@H](C)O)c2ncn([C@@H]3O[C@H](CO)[C@@H](O)[C@H]3O)c2n1. The van der Waals surface area contributed by atoms with Gasteiger partial charge >= 0.3 is 12.0 Å². The van der Waals surface area contributed by atoms with E-state index in [0.717, 1.165) is 11.8 Å². The highest BCUT2D eigenvalue weighted by Crippen LogP contribution is 2.33. The monoisotopic (exact) mass is 458 g/mol. The highest BCUT2D eigenvalue weighted by Gasteiger charge is 2.44. The van der Waals surface area contributed by atoms with E-state index in [1.54, 1.807) is 6.26 Å². The number of aromatic nitrogens is 4.